The van der Waals surface area contributed by atoms with Crippen LogP contribution in [0.4, 0.5) is 10.8 Å². The van der Waals surface area contributed by atoms with Gasteiger partial charge in [0.25, 0.3) is 11.2 Å². The molecule has 0 spiro atoms. The predicted octanol–water partition coefficient (Wildman–Crippen LogP) is 1.01. The minimum Gasteiger partial charge on any atom is -0.301 e. The van der Waals surface area contributed by atoms with Crippen LogP contribution < -0.4 is 16.8 Å². The molecule has 11 heteroatoms. The molecule has 0 atom stereocenters. The van der Waals surface area contributed by atoms with Crippen molar-refractivity contribution in [1.82, 2.24) is 14.8 Å². The van der Waals surface area contributed by atoms with Crippen LogP contribution in [-0.2, 0) is 6.54 Å². The van der Waals surface area contributed by atoms with Gasteiger partial charge in [0, 0.05) is 5.56 Å². The second-order valence-electron chi connectivity index (χ2n) is 3.79. The minimum absolute atomic E-state index is 0.0812. The number of hydrogen-bond acceptors (Lipinski definition) is 8. The molecule has 0 amide bonds. The highest BCUT2D eigenvalue weighted by Crippen LogP contribution is 2.23. The van der Waals surface area contributed by atoms with Crippen LogP contribution in [0.5, 0.6) is 0 Å². The van der Waals surface area contributed by atoms with Gasteiger partial charge in [0.2, 0.25) is 5.13 Å². The van der Waals surface area contributed by atoms with E-state index in [1.54, 1.807) is 0 Å². The van der Waals surface area contributed by atoms with Crippen molar-refractivity contribution >= 4 is 38.1 Å². The van der Waals surface area contributed by atoms with Crippen molar-refractivity contribution in [2.45, 2.75) is 13.5 Å². The highest BCUT2D eigenvalue weighted by molar-refractivity contribution is 9.10. The van der Waals surface area contributed by atoms with Gasteiger partial charge in [0.1, 0.15) is 5.01 Å². The molecule has 0 saturated heterocycles. The zero-order valence-corrected chi connectivity index (χ0v) is 12.6. The van der Waals surface area contributed by atoms with Gasteiger partial charge in [-0.25, -0.2) is 5.84 Å². The molecular weight excluding hydrogens is 352 g/mol. The van der Waals surface area contributed by atoms with Crippen LogP contribution in [0.25, 0.3) is 0 Å². The maximum Gasteiger partial charge on any atom is 0.289 e. The summed E-state index contributed by atoms with van der Waals surface area (Å²) < 4.78 is 1.36. The van der Waals surface area contributed by atoms with Gasteiger partial charge in [-0.15, -0.1) is 10.2 Å². The van der Waals surface area contributed by atoms with E-state index in [0.29, 0.717) is 10.1 Å². The highest BCUT2D eigenvalue weighted by atomic mass is 79.9. The zero-order valence-electron chi connectivity index (χ0n) is 10.2. The van der Waals surface area contributed by atoms with Crippen LogP contribution in [0.15, 0.2) is 15.5 Å². The molecule has 2 heterocycles. The number of nitrogens with one attached hydrogen (secondary N) is 1. The third kappa shape index (κ3) is 2.69. The first-order valence-corrected chi connectivity index (χ1v) is 6.88. The van der Waals surface area contributed by atoms with E-state index in [1.807, 2.05) is 0 Å². The summed E-state index contributed by atoms with van der Waals surface area (Å²) in [5.41, 5.74) is 2.12. The predicted molar refractivity (Wildman–Crippen MR) is 76.6 cm³/mol. The number of pyridine rings is 1. The van der Waals surface area contributed by atoms with Gasteiger partial charge in [-0.05, 0) is 22.9 Å². The first kappa shape index (κ1) is 14.6. The molecule has 0 unspecified atom stereocenters. The van der Waals surface area contributed by atoms with Gasteiger partial charge < -0.3 is 4.57 Å². The molecule has 0 radical (unpaired) electrons. The number of nitro groups is 1. The van der Waals surface area contributed by atoms with E-state index in [1.165, 1.54) is 17.7 Å². The Morgan fingerprint density at radius 1 is 1.60 bits per heavy atom. The molecule has 0 saturated carbocycles. The Morgan fingerprint density at radius 3 is 2.85 bits per heavy atom. The lowest BCUT2D eigenvalue weighted by Crippen LogP contribution is -2.22. The van der Waals surface area contributed by atoms with Crippen LogP contribution in [0, 0.1) is 17.0 Å². The van der Waals surface area contributed by atoms with Crippen molar-refractivity contribution in [3.8, 4) is 0 Å². The largest absolute Gasteiger partial charge is 0.301 e. The van der Waals surface area contributed by atoms with Gasteiger partial charge in [-0.1, -0.05) is 11.3 Å². The quantitative estimate of drug-likeness (QED) is 0.472. The van der Waals surface area contributed by atoms with E-state index in [4.69, 9.17) is 5.84 Å². The number of halogens is 1. The Kier molecular flexibility index (Phi) is 4.11. The maximum absolute atomic E-state index is 12.1. The van der Waals surface area contributed by atoms with E-state index in [0.717, 1.165) is 11.3 Å². The van der Waals surface area contributed by atoms with E-state index in [-0.39, 0.29) is 27.8 Å². The average Bonchev–Trinajstić information content (AvgIpc) is 2.86. The lowest BCUT2D eigenvalue weighted by atomic mass is 10.2. The van der Waals surface area contributed by atoms with E-state index in [2.05, 4.69) is 31.6 Å². The molecule has 2 rings (SSSR count). The molecule has 0 aliphatic heterocycles. The molecule has 0 aliphatic rings. The molecular formula is C9H9BrN6O3S. The minimum atomic E-state index is -0.539. The molecule has 20 heavy (non-hydrogen) atoms. The summed E-state index contributed by atoms with van der Waals surface area (Å²) in [4.78, 5) is 22.5. The lowest BCUT2D eigenvalue weighted by Gasteiger charge is -2.06. The number of rotatable bonds is 4. The SMILES string of the molecule is Cc1c([N+](=O)[O-])cn(Cc2nnc(NN)s2)c(=O)c1Br. The molecule has 2 aromatic heterocycles. The summed E-state index contributed by atoms with van der Waals surface area (Å²) in [6, 6.07) is 0. The number of nitrogens with two attached hydrogens (primary N) is 1. The van der Waals surface area contributed by atoms with Crippen molar-refractivity contribution in [2.24, 2.45) is 5.84 Å². The summed E-state index contributed by atoms with van der Waals surface area (Å²) in [6.45, 7) is 1.59. The Bertz CT molecular complexity index is 727. The topological polar surface area (TPSA) is 129 Å². The van der Waals surface area contributed by atoms with Crippen molar-refractivity contribution in [2.75, 3.05) is 5.43 Å². The molecule has 0 aromatic carbocycles. The van der Waals surface area contributed by atoms with Crippen molar-refractivity contribution in [3.63, 3.8) is 0 Å². The van der Waals surface area contributed by atoms with Gasteiger partial charge >= 0.3 is 0 Å². The van der Waals surface area contributed by atoms with Gasteiger partial charge in [-0.3, -0.25) is 20.3 Å². The van der Waals surface area contributed by atoms with Gasteiger partial charge in [-0.2, -0.15) is 0 Å². The smallest absolute Gasteiger partial charge is 0.289 e. The first-order valence-electron chi connectivity index (χ1n) is 5.27. The number of aromatic nitrogens is 3. The number of hydrogen-bond donors (Lipinski definition) is 2. The average molecular weight is 361 g/mol. The van der Waals surface area contributed by atoms with E-state index in [9.17, 15) is 14.9 Å². The van der Waals surface area contributed by atoms with E-state index >= 15 is 0 Å². The maximum atomic E-state index is 12.1. The zero-order chi connectivity index (χ0) is 14.9. The third-order valence-electron chi connectivity index (χ3n) is 2.53. The first-order chi connectivity index (χ1) is 9.43. The number of anilines is 1. The Morgan fingerprint density at radius 2 is 2.30 bits per heavy atom. The summed E-state index contributed by atoms with van der Waals surface area (Å²) in [7, 11) is 0. The van der Waals surface area contributed by atoms with Gasteiger partial charge in [0.05, 0.1) is 22.1 Å². The summed E-state index contributed by atoms with van der Waals surface area (Å²) in [5.74, 6) is 5.19. The highest BCUT2D eigenvalue weighted by Gasteiger charge is 2.19. The molecule has 106 valence electrons. The monoisotopic (exact) mass is 360 g/mol. The third-order valence-corrected chi connectivity index (χ3v) is 4.31. The van der Waals surface area contributed by atoms with Crippen molar-refractivity contribution in [3.05, 3.63) is 41.7 Å². The van der Waals surface area contributed by atoms with Crippen LogP contribution >= 0.6 is 27.3 Å². The second-order valence-corrected chi connectivity index (χ2v) is 5.64. The van der Waals surface area contributed by atoms with Crippen molar-refractivity contribution in [1.29, 1.82) is 0 Å². The number of hydrazine groups is 1. The Labute approximate surface area is 124 Å². The van der Waals surface area contributed by atoms with E-state index < -0.39 is 4.92 Å². The molecule has 2 aromatic rings. The Balaban J connectivity index is 2.46. The number of nitrogen functional groups attached to an aromatic ring is 1. The normalized spacial score (nSPS) is 10.6. The Hall–Kier alpha value is -1.85. The summed E-state index contributed by atoms with van der Waals surface area (Å²) in [6.07, 6.45) is 1.19. The summed E-state index contributed by atoms with van der Waals surface area (Å²) >= 11 is 4.24. The molecule has 9 nitrogen and oxygen atoms in total. The fourth-order valence-electron chi connectivity index (χ4n) is 1.53. The van der Waals surface area contributed by atoms with Crippen LogP contribution in [0.1, 0.15) is 10.6 Å². The van der Waals surface area contributed by atoms with Gasteiger partial charge in [0.15, 0.2) is 0 Å². The standard InChI is InChI=1S/C9H9BrN6O3S/c1-4-5(16(18)19)2-15(8(17)7(4)10)3-6-13-14-9(12-11)20-6/h2H,3,11H2,1H3,(H,12,14). The van der Waals surface area contributed by atoms with Crippen LogP contribution in [0.3, 0.4) is 0 Å². The molecule has 0 aliphatic carbocycles. The molecule has 0 fully saturated rings. The molecule has 3 N–H and O–H groups in total. The lowest BCUT2D eigenvalue weighted by molar-refractivity contribution is -0.386. The van der Waals surface area contributed by atoms with Crippen LogP contribution in [0.2, 0.25) is 0 Å². The fourth-order valence-corrected chi connectivity index (χ4v) is 2.60. The fraction of sp³-hybridized carbons (Fsp3) is 0.222. The van der Waals surface area contributed by atoms with Crippen molar-refractivity contribution < 1.29 is 4.92 Å². The number of nitrogens with zero attached hydrogens (tertiary/aromatic N) is 4. The van der Waals surface area contributed by atoms with Crippen LogP contribution in [-0.4, -0.2) is 19.7 Å². The second kappa shape index (κ2) is 5.64. The summed E-state index contributed by atoms with van der Waals surface area (Å²) in [5, 5.41) is 19.4. The molecule has 0 bridgehead atoms.